The molecule has 74 valence electrons. The summed E-state index contributed by atoms with van der Waals surface area (Å²) in [6.07, 6.45) is 9.01. The van der Waals surface area contributed by atoms with Crippen LogP contribution in [0.5, 0.6) is 0 Å². The molecule has 1 heterocycles. The molecule has 2 heteroatoms. The van der Waals surface area contributed by atoms with E-state index in [0.717, 1.165) is 38.8 Å². The van der Waals surface area contributed by atoms with Crippen LogP contribution in [0.4, 0.5) is 0 Å². The van der Waals surface area contributed by atoms with E-state index in [1.807, 2.05) is 0 Å². The smallest absolute Gasteiger partial charge is 0.0693 e. The van der Waals surface area contributed by atoms with Gasteiger partial charge in [-0.25, -0.2) is 0 Å². The van der Waals surface area contributed by atoms with Crippen molar-refractivity contribution in [3.05, 3.63) is 0 Å². The number of aliphatic hydroxyl groups excluding tert-OH is 1. The number of hydrogen-bond donors (Lipinski definition) is 1. The van der Waals surface area contributed by atoms with Crippen LogP contribution in [-0.2, 0) is 0 Å². The van der Waals surface area contributed by atoms with Gasteiger partial charge in [-0.3, -0.25) is 4.90 Å². The lowest BCUT2D eigenvalue weighted by atomic mass is 10.00. The molecule has 1 saturated heterocycles. The minimum absolute atomic E-state index is 0.139. The SMILES string of the molecule is C#CCCCN1CCCC(O)C1C. The van der Waals surface area contributed by atoms with Gasteiger partial charge in [0.2, 0.25) is 0 Å². The molecule has 2 atom stereocenters. The van der Waals surface area contributed by atoms with Crippen LogP contribution < -0.4 is 0 Å². The van der Waals surface area contributed by atoms with Crippen molar-refractivity contribution in [3.63, 3.8) is 0 Å². The summed E-state index contributed by atoms with van der Waals surface area (Å²) in [5.74, 6) is 2.64. The number of unbranched alkanes of at least 4 members (excludes halogenated alkanes) is 1. The number of terminal acetylenes is 1. The summed E-state index contributed by atoms with van der Waals surface area (Å²) in [7, 11) is 0. The van der Waals surface area contributed by atoms with Gasteiger partial charge in [0.1, 0.15) is 0 Å². The van der Waals surface area contributed by atoms with E-state index >= 15 is 0 Å². The molecule has 0 spiro atoms. The highest BCUT2D eigenvalue weighted by Gasteiger charge is 2.25. The van der Waals surface area contributed by atoms with Gasteiger partial charge in [0.15, 0.2) is 0 Å². The first-order valence-corrected chi connectivity index (χ1v) is 5.11. The molecule has 1 fully saturated rings. The van der Waals surface area contributed by atoms with E-state index in [4.69, 9.17) is 6.42 Å². The molecule has 0 amide bonds. The Morgan fingerprint density at radius 2 is 2.38 bits per heavy atom. The highest BCUT2D eigenvalue weighted by atomic mass is 16.3. The zero-order chi connectivity index (χ0) is 9.68. The van der Waals surface area contributed by atoms with Crippen LogP contribution in [0.3, 0.4) is 0 Å². The lowest BCUT2D eigenvalue weighted by molar-refractivity contribution is 0.0197. The average molecular weight is 181 g/mol. The van der Waals surface area contributed by atoms with Crippen molar-refractivity contribution in [1.82, 2.24) is 4.90 Å². The first-order valence-electron chi connectivity index (χ1n) is 5.11. The molecule has 0 radical (unpaired) electrons. The minimum Gasteiger partial charge on any atom is -0.392 e. The van der Waals surface area contributed by atoms with Crippen LogP contribution in [0.25, 0.3) is 0 Å². The van der Waals surface area contributed by atoms with Crippen molar-refractivity contribution in [2.24, 2.45) is 0 Å². The Balaban J connectivity index is 2.27. The van der Waals surface area contributed by atoms with Gasteiger partial charge >= 0.3 is 0 Å². The quantitative estimate of drug-likeness (QED) is 0.523. The van der Waals surface area contributed by atoms with Crippen molar-refractivity contribution in [1.29, 1.82) is 0 Å². The summed E-state index contributed by atoms with van der Waals surface area (Å²) in [4.78, 5) is 2.34. The van der Waals surface area contributed by atoms with E-state index < -0.39 is 0 Å². The molecular weight excluding hydrogens is 162 g/mol. The maximum Gasteiger partial charge on any atom is 0.0693 e. The van der Waals surface area contributed by atoms with E-state index in [0.29, 0.717) is 6.04 Å². The number of likely N-dealkylation sites (tertiary alicyclic amines) is 1. The number of hydrogen-bond acceptors (Lipinski definition) is 2. The minimum atomic E-state index is -0.139. The Morgan fingerprint density at radius 3 is 3.08 bits per heavy atom. The molecule has 0 aliphatic carbocycles. The van der Waals surface area contributed by atoms with Crippen molar-refractivity contribution >= 4 is 0 Å². The zero-order valence-electron chi connectivity index (χ0n) is 8.37. The number of rotatable bonds is 3. The van der Waals surface area contributed by atoms with Gasteiger partial charge < -0.3 is 5.11 Å². The van der Waals surface area contributed by atoms with Gasteiger partial charge in [-0.05, 0) is 39.3 Å². The lowest BCUT2D eigenvalue weighted by Gasteiger charge is -2.36. The first kappa shape index (κ1) is 10.6. The predicted octanol–water partition coefficient (Wildman–Crippen LogP) is 1.25. The standard InChI is InChI=1S/C11H19NO/c1-3-4-5-8-12-9-6-7-11(13)10(12)2/h1,10-11,13H,4-9H2,2H3. The Morgan fingerprint density at radius 1 is 1.62 bits per heavy atom. The third-order valence-corrected chi connectivity index (χ3v) is 2.84. The van der Waals surface area contributed by atoms with Crippen LogP contribution in [0.15, 0.2) is 0 Å². The van der Waals surface area contributed by atoms with E-state index in [-0.39, 0.29) is 6.10 Å². The van der Waals surface area contributed by atoms with Gasteiger partial charge in [-0.15, -0.1) is 12.3 Å². The first-order chi connectivity index (χ1) is 6.25. The maximum absolute atomic E-state index is 9.62. The monoisotopic (exact) mass is 181 g/mol. The van der Waals surface area contributed by atoms with E-state index in [9.17, 15) is 5.11 Å². The third-order valence-electron chi connectivity index (χ3n) is 2.84. The third kappa shape index (κ3) is 3.02. The van der Waals surface area contributed by atoms with Gasteiger partial charge in [-0.1, -0.05) is 0 Å². The second kappa shape index (κ2) is 5.26. The summed E-state index contributed by atoms with van der Waals surface area (Å²) >= 11 is 0. The van der Waals surface area contributed by atoms with Crippen molar-refractivity contribution in [3.8, 4) is 12.3 Å². The molecular formula is C11H19NO. The van der Waals surface area contributed by atoms with Crippen LogP contribution in [0.1, 0.15) is 32.6 Å². The summed E-state index contributed by atoms with van der Waals surface area (Å²) in [5, 5.41) is 9.62. The number of aliphatic hydroxyl groups is 1. The summed E-state index contributed by atoms with van der Waals surface area (Å²) in [6, 6.07) is 0.312. The number of nitrogens with zero attached hydrogens (tertiary/aromatic N) is 1. The van der Waals surface area contributed by atoms with Gasteiger partial charge in [0, 0.05) is 12.5 Å². The van der Waals surface area contributed by atoms with E-state index in [1.54, 1.807) is 0 Å². The fraction of sp³-hybridized carbons (Fsp3) is 0.818. The Bertz CT molecular complexity index is 185. The van der Waals surface area contributed by atoms with Crippen LogP contribution >= 0.6 is 0 Å². The highest BCUT2D eigenvalue weighted by molar-refractivity contribution is 4.85. The average Bonchev–Trinajstić information content (AvgIpc) is 2.13. The summed E-state index contributed by atoms with van der Waals surface area (Å²) in [5.41, 5.74) is 0. The predicted molar refractivity (Wildman–Crippen MR) is 54.3 cm³/mol. The Labute approximate surface area is 80.9 Å². The van der Waals surface area contributed by atoms with Gasteiger partial charge in [-0.2, -0.15) is 0 Å². The highest BCUT2D eigenvalue weighted by Crippen LogP contribution is 2.17. The lowest BCUT2D eigenvalue weighted by Crippen LogP contribution is -2.46. The molecule has 1 aliphatic heterocycles. The number of piperidine rings is 1. The molecule has 0 aromatic carbocycles. The Kier molecular flexibility index (Phi) is 4.27. The largest absolute Gasteiger partial charge is 0.392 e. The molecule has 1 N–H and O–H groups in total. The molecule has 0 saturated carbocycles. The summed E-state index contributed by atoms with van der Waals surface area (Å²) < 4.78 is 0. The summed E-state index contributed by atoms with van der Waals surface area (Å²) in [6.45, 7) is 4.24. The van der Waals surface area contributed by atoms with Gasteiger partial charge in [0.05, 0.1) is 6.10 Å². The van der Waals surface area contributed by atoms with Crippen molar-refractivity contribution in [2.45, 2.75) is 44.8 Å². The molecule has 13 heavy (non-hydrogen) atoms. The van der Waals surface area contributed by atoms with Gasteiger partial charge in [0.25, 0.3) is 0 Å². The molecule has 0 aromatic heterocycles. The van der Waals surface area contributed by atoms with E-state index in [1.165, 1.54) is 0 Å². The van der Waals surface area contributed by atoms with Crippen molar-refractivity contribution in [2.75, 3.05) is 13.1 Å². The topological polar surface area (TPSA) is 23.5 Å². The second-order valence-electron chi connectivity index (χ2n) is 3.79. The maximum atomic E-state index is 9.62. The fourth-order valence-corrected chi connectivity index (χ4v) is 1.89. The van der Waals surface area contributed by atoms with Crippen LogP contribution in [-0.4, -0.2) is 35.2 Å². The van der Waals surface area contributed by atoms with Crippen molar-refractivity contribution < 1.29 is 5.11 Å². The zero-order valence-corrected chi connectivity index (χ0v) is 8.37. The fourth-order valence-electron chi connectivity index (χ4n) is 1.89. The molecule has 1 rings (SSSR count). The molecule has 2 nitrogen and oxygen atoms in total. The van der Waals surface area contributed by atoms with Crippen LogP contribution in [0, 0.1) is 12.3 Å². The molecule has 0 bridgehead atoms. The van der Waals surface area contributed by atoms with E-state index in [2.05, 4.69) is 17.7 Å². The molecule has 0 aromatic rings. The molecule has 1 aliphatic rings. The molecule has 2 unspecified atom stereocenters. The van der Waals surface area contributed by atoms with Crippen LogP contribution in [0.2, 0.25) is 0 Å². The normalized spacial score (nSPS) is 29.9. The second-order valence-corrected chi connectivity index (χ2v) is 3.79. The Hall–Kier alpha value is -0.520.